The van der Waals surface area contributed by atoms with Gasteiger partial charge in [0.2, 0.25) is 0 Å². The second-order valence-corrected chi connectivity index (χ2v) is 5.60. The third-order valence-corrected chi connectivity index (χ3v) is 4.34. The lowest BCUT2D eigenvalue weighted by molar-refractivity contribution is -0.385. The highest BCUT2D eigenvalue weighted by molar-refractivity contribution is 5.88. The number of para-hydroxylation sites is 1. The van der Waals surface area contributed by atoms with Gasteiger partial charge in [-0.25, -0.2) is 0 Å². The third-order valence-electron chi connectivity index (χ3n) is 4.34. The number of phenolic OH excluding ortho intramolecular Hbond substituents is 1. The van der Waals surface area contributed by atoms with E-state index >= 15 is 0 Å². The van der Waals surface area contributed by atoms with E-state index in [1.807, 2.05) is 30.3 Å². The molecule has 4 rings (SSSR count). The van der Waals surface area contributed by atoms with E-state index in [9.17, 15) is 15.2 Å². The Morgan fingerprint density at radius 2 is 1.43 bits per heavy atom. The molecule has 23 heavy (non-hydrogen) atoms. The average Bonchev–Trinajstić information content (AvgIpc) is 2.93. The van der Waals surface area contributed by atoms with E-state index < -0.39 is 4.92 Å². The minimum atomic E-state index is -0.522. The van der Waals surface area contributed by atoms with Crippen LogP contribution in [-0.4, -0.2) is 10.0 Å². The summed E-state index contributed by atoms with van der Waals surface area (Å²) < 4.78 is 0. The van der Waals surface area contributed by atoms with Gasteiger partial charge in [0, 0.05) is 0 Å². The Labute approximate surface area is 132 Å². The number of aromatic hydroxyl groups is 1. The maximum Gasteiger partial charge on any atom is 0.318 e. The number of hydrogen-bond donors (Lipinski definition) is 1. The lowest BCUT2D eigenvalue weighted by Crippen LogP contribution is -1.95. The van der Waals surface area contributed by atoms with Crippen LogP contribution < -0.4 is 0 Å². The molecule has 3 aromatic rings. The normalized spacial score (nSPS) is 11.8. The molecule has 0 atom stereocenters. The van der Waals surface area contributed by atoms with Crippen molar-refractivity contribution in [3.05, 3.63) is 81.9 Å². The van der Waals surface area contributed by atoms with Crippen molar-refractivity contribution in [3.63, 3.8) is 0 Å². The second kappa shape index (κ2) is 4.95. The Hall–Kier alpha value is -3.14. The molecule has 0 saturated carbocycles. The number of nitrogens with zero attached hydrogens (tertiary/aromatic N) is 1. The Morgan fingerprint density at radius 3 is 2.22 bits per heavy atom. The van der Waals surface area contributed by atoms with E-state index in [0.29, 0.717) is 5.56 Å². The molecule has 0 aliphatic heterocycles. The fourth-order valence-electron chi connectivity index (χ4n) is 3.35. The first kappa shape index (κ1) is 13.5. The first-order valence-corrected chi connectivity index (χ1v) is 7.33. The van der Waals surface area contributed by atoms with Gasteiger partial charge in [0.1, 0.15) is 0 Å². The number of phenols is 1. The predicted molar refractivity (Wildman–Crippen MR) is 88.4 cm³/mol. The van der Waals surface area contributed by atoms with Gasteiger partial charge in [-0.3, -0.25) is 10.1 Å². The van der Waals surface area contributed by atoms with Crippen molar-refractivity contribution < 1.29 is 10.0 Å². The first-order chi connectivity index (χ1) is 11.2. The molecule has 4 nitrogen and oxygen atoms in total. The largest absolute Gasteiger partial charge is 0.502 e. The highest BCUT2D eigenvalue weighted by atomic mass is 16.6. The Morgan fingerprint density at radius 1 is 0.826 bits per heavy atom. The van der Waals surface area contributed by atoms with Gasteiger partial charge in [0.05, 0.1) is 10.5 Å². The lowest BCUT2D eigenvalue weighted by atomic mass is 9.94. The highest BCUT2D eigenvalue weighted by Crippen LogP contribution is 2.45. The Bertz CT molecular complexity index is 947. The van der Waals surface area contributed by atoms with E-state index in [0.717, 1.165) is 23.1 Å². The van der Waals surface area contributed by atoms with Crippen molar-refractivity contribution in [2.45, 2.75) is 6.42 Å². The zero-order chi connectivity index (χ0) is 16.0. The molecule has 0 amide bonds. The van der Waals surface area contributed by atoms with Crippen LogP contribution in [0.1, 0.15) is 11.1 Å². The molecule has 0 fully saturated rings. The molecular formula is C19H13NO3. The van der Waals surface area contributed by atoms with Crippen molar-refractivity contribution in [3.8, 4) is 28.0 Å². The molecule has 1 aliphatic carbocycles. The summed E-state index contributed by atoms with van der Waals surface area (Å²) in [5.41, 5.74) is 5.60. The number of benzene rings is 3. The van der Waals surface area contributed by atoms with Gasteiger partial charge >= 0.3 is 5.69 Å². The van der Waals surface area contributed by atoms with Crippen LogP contribution in [0.15, 0.2) is 60.7 Å². The molecule has 0 aromatic heterocycles. The van der Waals surface area contributed by atoms with Crippen molar-refractivity contribution in [2.24, 2.45) is 0 Å². The van der Waals surface area contributed by atoms with Gasteiger partial charge in [-0.15, -0.1) is 0 Å². The average molecular weight is 303 g/mol. The van der Waals surface area contributed by atoms with Crippen LogP contribution in [0.4, 0.5) is 5.69 Å². The van der Waals surface area contributed by atoms with Crippen LogP contribution in [0.3, 0.4) is 0 Å². The van der Waals surface area contributed by atoms with Gasteiger partial charge in [0.15, 0.2) is 5.75 Å². The van der Waals surface area contributed by atoms with Gasteiger partial charge in [0.25, 0.3) is 0 Å². The van der Waals surface area contributed by atoms with E-state index in [2.05, 4.69) is 12.1 Å². The van der Waals surface area contributed by atoms with Crippen LogP contribution in [0.2, 0.25) is 0 Å². The van der Waals surface area contributed by atoms with E-state index in [-0.39, 0.29) is 11.4 Å². The van der Waals surface area contributed by atoms with E-state index in [1.54, 1.807) is 12.1 Å². The maximum atomic E-state index is 11.4. The van der Waals surface area contributed by atoms with Gasteiger partial charge in [-0.2, -0.15) is 0 Å². The van der Waals surface area contributed by atoms with Crippen LogP contribution in [-0.2, 0) is 6.42 Å². The molecule has 0 spiro atoms. The van der Waals surface area contributed by atoms with Crippen LogP contribution in [0.5, 0.6) is 5.75 Å². The summed E-state index contributed by atoms with van der Waals surface area (Å²) in [4.78, 5) is 10.9. The fraction of sp³-hybridized carbons (Fsp3) is 0.0526. The van der Waals surface area contributed by atoms with Crippen LogP contribution >= 0.6 is 0 Å². The monoisotopic (exact) mass is 303 g/mol. The van der Waals surface area contributed by atoms with E-state index in [1.165, 1.54) is 17.2 Å². The number of nitro benzene ring substituents is 1. The first-order valence-electron chi connectivity index (χ1n) is 7.33. The fourth-order valence-corrected chi connectivity index (χ4v) is 3.35. The Kier molecular flexibility index (Phi) is 2.91. The summed E-state index contributed by atoms with van der Waals surface area (Å²) in [5, 5.41) is 21.3. The zero-order valence-corrected chi connectivity index (χ0v) is 12.2. The smallest absolute Gasteiger partial charge is 0.318 e. The summed E-state index contributed by atoms with van der Waals surface area (Å²) in [6.07, 6.45) is 0.745. The zero-order valence-electron chi connectivity index (χ0n) is 12.2. The highest BCUT2D eigenvalue weighted by Gasteiger charge is 2.26. The molecule has 0 radical (unpaired) electrons. The minimum absolute atomic E-state index is 0.239. The molecule has 0 unspecified atom stereocenters. The van der Waals surface area contributed by atoms with Gasteiger partial charge in [-0.05, 0) is 46.4 Å². The second-order valence-electron chi connectivity index (χ2n) is 5.60. The molecule has 0 saturated heterocycles. The van der Waals surface area contributed by atoms with Gasteiger partial charge in [-0.1, -0.05) is 48.5 Å². The molecular weight excluding hydrogens is 290 g/mol. The third kappa shape index (κ3) is 1.99. The van der Waals surface area contributed by atoms with E-state index in [4.69, 9.17) is 0 Å². The van der Waals surface area contributed by atoms with Crippen molar-refractivity contribution >= 4 is 5.69 Å². The summed E-state index contributed by atoms with van der Waals surface area (Å²) in [7, 11) is 0. The molecule has 1 aliphatic rings. The number of fused-ring (bicyclic) bond motifs is 3. The summed E-state index contributed by atoms with van der Waals surface area (Å²) in [5.74, 6) is -0.305. The minimum Gasteiger partial charge on any atom is -0.502 e. The van der Waals surface area contributed by atoms with Crippen LogP contribution in [0.25, 0.3) is 22.3 Å². The molecule has 112 valence electrons. The summed E-state index contributed by atoms with van der Waals surface area (Å²) in [6.45, 7) is 0. The molecule has 0 heterocycles. The van der Waals surface area contributed by atoms with Gasteiger partial charge < -0.3 is 5.11 Å². The van der Waals surface area contributed by atoms with Crippen molar-refractivity contribution in [1.29, 1.82) is 0 Å². The standard InChI is InChI=1S/C19H13NO3/c21-18-10-4-9-16(19(18)20(22)23)15-8-3-7-14-13-6-2-1-5-12(13)11-17(14)15/h1-10,21H,11H2. The van der Waals surface area contributed by atoms with Crippen molar-refractivity contribution in [1.82, 2.24) is 0 Å². The lowest BCUT2D eigenvalue weighted by Gasteiger charge is -2.10. The summed E-state index contributed by atoms with van der Waals surface area (Å²) in [6, 6.07) is 18.7. The molecule has 0 bridgehead atoms. The molecule has 1 N–H and O–H groups in total. The molecule has 4 heteroatoms. The van der Waals surface area contributed by atoms with Crippen LogP contribution in [0, 0.1) is 10.1 Å². The number of hydrogen-bond acceptors (Lipinski definition) is 3. The Balaban J connectivity index is 1.98. The molecule has 3 aromatic carbocycles. The maximum absolute atomic E-state index is 11.4. The summed E-state index contributed by atoms with van der Waals surface area (Å²) >= 11 is 0. The number of nitro groups is 1. The van der Waals surface area contributed by atoms with Crippen molar-refractivity contribution in [2.75, 3.05) is 0 Å². The number of rotatable bonds is 2. The quantitative estimate of drug-likeness (QED) is 0.437. The SMILES string of the molecule is O=[N+]([O-])c1c(O)cccc1-c1cccc2c1Cc1ccccc1-2. The topological polar surface area (TPSA) is 63.4 Å². The predicted octanol–water partition coefficient (Wildman–Crippen LogP) is 4.54.